The second kappa shape index (κ2) is 5.67. The van der Waals surface area contributed by atoms with Crippen LogP contribution in [-0.4, -0.2) is 41.1 Å². The molecule has 0 bridgehead atoms. The van der Waals surface area contributed by atoms with Crippen LogP contribution in [0.5, 0.6) is 0 Å². The molecule has 4 rings (SSSR count). The number of amides is 1. The summed E-state index contributed by atoms with van der Waals surface area (Å²) in [6, 6.07) is 9.75. The predicted octanol–water partition coefficient (Wildman–Crippen LogP) is 2.90. The van der Waals surface area contributed by atoms with Crippen molar-refractivity contribution in [1.29, 1.82) is 0 Å². The summed E-state index contributed by atoms with van der Waals surface area (Å²) in [5.41, 5.74) is 3.90. The zero-order valence-corrected chi connectivity index (χ0v) is 14.5. The van der Waals surface area contributed by atoms with Crippen molar-refractivity contribution in [3.05, 3.63) is 42.1 Å². The fourth-order valence-electron chi connectivity index (χ4n) is 3.36. The minimum absolute atomic E-state index is 0.0946. The molecule has 1 aliphatic heterocycles. The monoisotopic (exact) mass is 336 g/mol. The number of fused-ring (bicyclic) bond motifs is 2. The number of H-pyrrole nitrogens is 1. The highest BCUT2D eigenvalue weighted by molar-refractivity contribution is 6.09. The number of aromatic nitrogens is 3. The molecule has 3 aromatic rings. The summed E-state index contributed by atoms with van der Waals surface area (Å²) in [5, 5.41) is 0. The van der Waals surface area contributed by atoms with Crippen molar-refractivity contribution in [2.24, 2.45) is 0 Å². The van der Waals surface area contributed by atoms with Crippen molar-refractivity contribution in [1.82, 2.24) is 15.0 Å². The maximum absolute atomic E-state index is 12.8. The van der Waals surface area contributed by atoms with Gasteiger partial charge in [0.05, 0.1) is 28.7 Å². The van der Waals surface area contributed by atoms with Gasteiger partial charge in [0, 0.05) is 19.9 Å². The number of rotatable bonds is 4. The molecule has 0 radical (unpaired) electrons. The van der Waals surface area contributed by atoms with Crippen molar-refractivity contribution >= 4 is 22.6 Å². The van der Waals surface area contributed by atoms with Gasteiger partial charge in [-0.2, -0.15) is 0 Å². The molecule has 0 unspecified atom stereocenters. The normalized spacial score (nSPS) is 15.8. The summed E-state index contributed by atoms with van der Waals surface area (Å²) < 4.78 is 5.16. The maximum Gasteiger partial charge on any atom is 0.237 e. The molecule has 0 saturated carbocycles. The van der Waals surface area contributed by atoms with Gasteiger partial charge in [0.15, 0.2) is 5.82 Å². The molecule has 1 N–H and O–H groups in total. The summed E-state index contributed by atoms with van der Waals surface area (Å²) >= 11 is 0. The summed E-state index contributed by atoms with van der Waals surface area (Å²) in [6.07, 6.45) is 1.75. The molecule has 1 aliphatic rings. The number of carbonyl (C=O) groups is 1. The number of nitrogens with zero attached hydrogens (tertiary/aromatic N) is 3. The predicted molar refractivity (Wildman–Crippen MR) is 96.6 cm³/mol. The summed E-state index contributed by atoms with van der Waals surface area (Å²) in [6.45, 7) is 4.96. The van der Waals surface area contributed by atoms with Crippen LogP contribution in [0, 0.1) is 0 Å². The molecule has 3 heterocycles. The highest BCUT2D eigenvalue weighted by Gasteiger charge is 2.44. The Labute approximate surface area is 145 Å². The topological polar surface area (TPSA) is 71.1 Å². The van der Waals surface area contributed by atoms with Crippen LogP contribution in [0.1, 0.15) is 19.4 Å². The van der Waals surface area contributed by atoms with E-state index in [4.69, 9.17) is 4.74 Å². The average Bonchev–Trinajstić information content (AvgIpc) is 3.11. The van der Waals surface area contributed by atoms with E-state index in [1.807, 2.05) is 44.2 Å². The van der Waals surface area contributed by atoms with Gasteiger partial charge < -0.3 is 14.6 Å². The van der Waals surface area contributed by atoms with Gasteiger partial charge >= 0.3 is 0 Å². The third kappa shape index (κ3) is 2.41. The van der Waals surface area contributed by atoms with Crippen LogP contribution in [0.15, 0.2) is 36.5 Å². The molecule has 0 aliphatic carbocycles. The number of anilines is 1. The van der Waals surface area contributed by atoms with E-state index in [0.29, 0.717) is 13.2 Å². The average molecular weight is 336 g/mol. The molecule has 128 valence electrons. The zero-order chi connectivity index (χ0) is 17.6. The number of nitrogens with one attached hydrogen (secondary N) is 1. The van der Waals surface area contributed by atoms with E-state index in [-0.39, 0.29) is 5.91 Å². The number of carbonyl (C=O) groups excluding carboxylic acids is 1. The Hall–Kier alpha value is -2.73. The molecule has 0 saturated heterocycles. The first-order chi connectivity index (χ1) is 12.0. The van der Waals surface area contributed by atoms with E-state index in [0.717, 1.165) is 33.8 Å². The van der Waals surface area contributed by atoms with Gasteiger partial charge in [-0.05, 0) is 43.7 Å². The molecule has 25 heavy (non-hydrogen) atoms. The third-order valence-corrected chi connectivity index (χ3v) is 4.77. The minimum atomic E-state index is -0.562. The van der Waals surface area contributed by atoms with E-state index >= 15 is 0 Å². The number of pyridine rings is 1. The molecule has 2 aromatic heterocycles. The molecule has 1 aromatic carbocycles. The van der Waals surface area contributed by atoms with Gasteiger partial charge in [0.1, 0.15) is 5.69 Å². The number of ether oxygens (including phenoxy) is 1. The highest BCUT2D eigenvalue weighted by Crippen LogP contribution is 2.43. The summed E-state index contributed by atoms with van der Waals surface area (Å²) in [4.78, 5) is 26.9. The number of methoxy groups -OCH3 is 1. The Morgan fingerprint density at radius 3 is 2.84 bits per heavy atom. The van der Waals surface area contributed by atoms with Crippen molar-refractivity contribution in [3.8, 4) is 11.5 Å². The standard InChI is InChI=1S/C19H20N4O2/c1-19(2)12-10-14-15(11-16(12)23(18(19)24)8-9-25-3)22-17(21-14)13-6-4-5-7-20-13/h4-7,10-11H,8-9H2,1-3H3,(H,21,22). The zero-order valence-electron chi connectivity index (χ0n) is 14.5. The molecule has 0 spiro atoms. The van der Waals surface area contributed by atoms with Crippen LogP contribution < -0.4 is 4.90 Å². The largest absolute Gasteiger partial charge is 0.383 e. The third-order valence-electron chi connectivity index (χ3n) is 4.77. The Morgan fingerprint density at radius 2 is 2.12 bits per heavy atom. The quantitative estimate of drug-likeness (QED) is 0.795. The van der Waals surface area contributed by atoms with Crippen molar-refractivity contribution in [3.63, 3.8) is 0 Å². The first-order valence-electron chi connectivity index (χ1n) is 8.29. The number of hydrogen-bond acceptors (Lipinski definition) is 4. The second-order valence-electron chi connectivity index (χ2n) is 6.76. The smallest absolute Gasteiger partial charge is 0.237 e. The molecule has 6 nitrogen and oxygen atoms in total. The fourth-order valence-corrected chi connectivity index (χ4v) is 3.36. The van der Waals surface area contributed by atoms with Crippen LogP contribution >= 0.6 is 0 Å². The van der Waals surface area contributed by atoms with Gasteiger partial charge in [-0.15, -0.1) is 0 Å². The van der Waals surface area contributed by atoms with E-state index in [2.05, 4.69) is 15.0 Å². The Morgan fingerprint density at radius 1 is 1.28 bits per heavy atom. The van der Waals surface area contributed by atoms with Gasteiger partial charge in [-0.25, -0.2) is 4.98 Å². The van der Waals surface area contributed by atoms with Gasteiger partial charge in [0.2, 0.25) is 5.91 Å². The van der Waals surface area contributed by atoms with Crippen molar-refractivity contribution in [2.75, 3.05) is 25.2 Å². The number of hydrogen-bond donors (Lipinski definition) is 1. The Kier molecular flexibility index (Phi) is 3.58. The lowest BCUT2D eigenvalue weighted by Gasteiger charge is -2.19. The van der Waals surface area contributed by atoms with E-state index < -0.39 is 5.41 Å². The Balaban J connectivity index is 1.84. The molecule has 0 fully saturated rings. The lowest BCUT2D eigenvalue weighted by atomic mass is 9.86. The van der Waals surface area contributed by atoms with Crippen LogP contribution in [-0.2, 0) is 14.9 Å². The first-order valence-corrected chi connectivity index (χ1v) is 8.29. The summed E-state index contributed by atoms with van der Waals surface area (Å²) in [7, 11) is 1.64. The van der Waals surface area contributed by atoms with Gasteiger partial charge in [-0.1, -0.05) is 6.07 Å². The second-order valence-corrected chi connectivity index (χ2v) is 6.76. The molecule has 6 heteroatoms. The summed E-state index contributed by atoms with van der Waals surface area (Å²) in [5.74, 6) is 0.823. The SMILES string of the molecule is COCCN1C(=O)C(C)(C)c2cc3[nH]c(-c4ccccn4)nc3cc21. The van der Waals surface area contributed by atoms with Gasteiger partial charge in [-0.3, -0.25) is 9.78 Å². The lowest BCUT2D eigenvalue weighted by Crippen LogP contribution is -2.37. The van der Waals surface area contributed by atoms with Crippen molar-refractivity contribution in [2.45, 2.75) is 19.3 Å². The number of aromatic amines is 1. The van der Waals surface area contributed by atoms with E-state index in [1.165, 1.54) is 0 Å². The number of imidazole rings is 1. The minimum Gasteiger partial charge on any atom is -0.383 e. The molecule has 1 amide bonds. The van der Waals surface area contributed by atoms with Crippen molar-refractivity contribution < 1.29 is 9.53 Å². The fraction of sp³-hybridized carbons (Fsp3) is 0.316. The van der Waals surface area contributed by atoms with Crippen LogP contribution in [0.2, 0.25) is 0 Å². The van der Waals surface area contributed by atoms with E-state index in [1.54, 1.807) is 18.2 Å². The highest BCUT2D eigenvalue weighted by atomic mass is 16.5. The number of benzene rings is 1. The van der Waals surface area contributed by atoms with Gasteiger partial charge in [0.25, 0.3) is 0 Å². The van der Waals surface area contributed by atoms with Crippen LogP contribution in [0.25, 0.3) is 22.6 Å². The lowest BCUT2D eigenvalue weighted by molar-refractivity contribution is -0.122. The molecular formula is C19H20N4O2. The van der Waals surface area contributed by atoms with Crippen LogP contribution in [0.3, 0.4) is 0 Å². The van der Waals surface area contributed by atoms with Crippen LogP contribution in [0.4, 0.5) is 5.69 Å². The molecular weight excluding hydrogens is 316 g/mol. The first kappa shape index (κ1) is 15.8. The Bertz CT molecular complexity index is 947. The maximum atomic E-state index is 12.8. The van der Waals surface area contributed by atoms with E-state index in [9.17, 15) is 4.79 Å². The molecule has 0 atom stereocenters.